The molecule has 10 heavy (non-hydrogen) atoms. The number of carboxylic acid groups (broad SMARTS) is 1. The summed E-state index contributed by atoms with van der Waals surface area (Å²) in [4.78, 5) is 10.1. The average molecular weight is 167 g/mol. The van der Waals surface area contributed by atoms with E-state index in [0.29, 0.717) is 6.42 Å². The zero-order valence-electron chi connectivity index (χ0n) is 5.75. The van der Waals surface area contributed by atoms with Crippen LogP contribution in [0.1, 0.15) is 13.3 Å². The zero-order chi connectivity index (χ0) is 8.15. The molecule has 0 fully saturated rings. The third kappa shape index (κ3) is 2.54. The van der Waals surface area contributed by atoms with Gasteiger partial charge in [0.15, 0.2) is 6.10 Å². The first-order valence-electron chi connectivity index (χ1n) is 3.10. The number of hydrogen-bond donors (Lipinski definition) is 2. The van der Waals surface area contributed by atoms with E-state index in [9.17, 15) is 4.79 Å². The molecule has 0 rings (SSSR count). The third-order valence-electron chi connectivity index (χ3n) is 1.42. The summed E-state index contributed by atoms with van der Waals surface area (Å²) >= 11 is 5.38. The van der Waals surface area contributed by atoms with Gasteiger partial charge in [-0.25, -0.2) is 4.79 Å². The quantitative estimate of drug-likeness (QED) is 0.605. The predicted molar refractivity (Wildman–Crippen MR) is 38.1 cm³/mol. The highest BCUT2D eigenvalue weighted by molar-refractivity contribution is 6.18. The summed E-state index contributed by atoms with van der Waals surface area (Å²) in [5.41, 5.74) is 0. The SMILES string of the molecule is CCC(CCl)[C@H](O)C(=O)O. The summed E-state index contributed by atoms with van der Waals surface area (Å²) < 4.78 is 0. The molecule has 0 aliphatic heterocycles. The van der Waals surface area contributed by atoms with Crippen LogP contribution >= 0.6 is 11.6 Å². The van der Waals surface area contributed by atoms with Gasteiger partial charge < -0.3 is 10.2 Å². The van der Waals surface area contributed by atoms with Crippen LogP contribution in [0, 0.1) is 5.92 Å². The van der Waals surface area contributed by atoms with Crippen molar-refractivity contribution in [1.82, 2.24) is 0 Å². The second-order valence-corrected chi connectivity index (χ2v) is 2.41. The van der Waals surface area contributed by atoms with Crippen LogP contribution in [0.2, 0.25) is 0 Å². The molecule has 60 valence electrons. The van der Waals surface area contributed by atoms with E-state index >= 15 is 0 Å². The van der Waals surface area contributed by atoms with Crippen molar-refractivity contribution in [3.8, 4) is 0 Å². The van der Waals surface area contributed by atoms with Crippen molar-refractivity contribution in [1.29, 1.82) is 0 Å². The van der Waals surface area contributed by atoms with Crippen molar-refractivity contribution in [2.24, 2.45) is 5.92 Å². The van der Waals surface area contributed by atoms with E-state index in [4.69, 9.17) is 21.8 Å². The molecule has 0 aliphatic carbocycles. The predicted octanol–water partition coefficient (Wildman–Crippen LogP) is 0.697. The van der Waals surface area contributed by atoms with Gasteiger partial charge in [0, 0.05) is 11.8 Å². The fourth-order valence-corrected chi connectivity index (χ4v) is 1.01. The minimum absolute atomic E-state index is 0.184. The first-order valence-corrected chi connectivity index (χ1v) is 3.63. The van der Waals surface area contributed by atoms with E-state index in [-0.39, 0.29) is 11.8 Å². The van der Waals surface area contributed by atoms with Crippen LogP contribution in [0.4, 0.5) is 0 Å². The van der Waals surface area contributed by atoms with Gasteiger partial charge in [-0.15, -0.1) is 11.6 Å². The molecule has 0 bridgehead atoms. The van der Waals surface area contributed by atoms with E-state index in [1.54, 1.807) is 6.92 Å². The lowest BCUT2D eigenvalue weighted by atomic mass is 10.0. The van der Waals surface area contributed by atoms with Crippen molar-refractivity contribution in [3.63, 3.8) is 0 Å². The van der Waals surface area contributed by atoms with Gasteiger partial charge in [0.25, 0.3) is 0 Å². The van der Waals surface area contributed by atoms with Crippen molar-refractivity contribution in [2.45, 2.75) is 19.4 Å². The lowest BCUT2D eigenvalue weighted by Gasteiger charge is -2.13. The first-order chi connectivity index (χ1) is 4.63. The third-order valence-corrected chi connectivity index (χ3v) is 1.82. The van der Waals surface area contributed by atoms with Crippen molar-refractivity contribution in [2.75, 3.05) is 5.88 Å². The maximum absolute atomic E-state index is 10.1. The number of aliphatic carboxylic acids is 1. The Hall–Kier alpha value is -0.280. The van der Waals surface area contributed by atoms with E-state index in [0.717, 1.165) is 0 Å². The Kier molecular flexibility index (Phi) is 4.40. The maximum Gasteiger partial charge on any atom is 0.332 e. The standard InChI is InChI=1S/C6H11ClO3/c1-2-4(3-7)5(8)6(9)10/h4-5,8H,2-3H2,1H3,(H,9,10)/t4?,5-/m0/s1. The molecule has 0 amide bonds. The summed E-state index contributed by atoms with van der Waals surface area (Å²) in [6, 6.07) is 0. The first kappa shape index (κ1) is 9.72. The van der Waals surface area contributed by atoms with Crippen LogP contribution in [0.3, 0.4) is 0 Å². The summed E-state index contributed by atoms with van der Waals surface area (Å²) in [6.45, 7) is 1.79. The molecule has 0 heterocycles. The lowest BCUT2D eigenvalue weighted by Crippen LogP contribution is -2.29. The Labute approximate surface area is 64.6 Å². The molecule has 0 radical (unpaired) electrons. The molecular weight excluding hydrogens is 156 g/mol. The van der Waals surface area contributed by atoms with Crippen LogP contribution < -0.4 is 0 Å². The fourth-order valence-electron chi connectivity index (χ4n) is 0.618. The topological polar surface area (TPSA) is 57.5 Å². The number of hydrogen-bond acceptors (Lipinski definition) is 2. The van der Waals surface area contributed by atoms with Gasteiger partial charge >= 0.3 is 5.97 Å². The average Bonchev–Trinajstić information content (AvgIpc) is 1.90. The van der Waals surface area contributed by atoms with Gasteiger partial charge in [-0.2, -0.15) is 0 Å². The Morgan fingerprint density at radius 3 is 2.30 bits per heavy atom. The Morgan fingerprint density at radius 2 is 2.20 bits per heavy atom. The molecule has 3 nitrogen and oxygen atoms in total. The largest absolute Gasteiger partial charge is 0.479 e. The number of aliphatic hydroxyl groups is 1. The molecule has 2 atom stereocenters. The minimum Gasteiger partial charge on any atom is -0.479 e. The highest BCUT2D eigenvalue weighted by atomic mass is 35.5. The van der Waals surface area contributed by atoms with Gasteiger partial charge in [0.1, 0.15) is 0 Å². The molecule has 0 saturated carbocycles. The number of halogens is 1. The monoisotopic (exact) mass is 166 g/mol. The molecule has 0 aromatic heterocycles. The van der Waals surface area contributed by atoms with Gasteiger partial charge in [-0.1, -0.05) is 6.92 Å². The molecule has 0 aliphatic rings. The summed E-state index contributed by atoms with van der Waals surface area (Å²) in [6.07, 6.45) is -0.737. The summed E-state index contributed by atoms with van der Waals surface area (Å²) in [5, 5.41) is 17.2. The van der Waals surface area contributed by atoms with Crippen LogP contribution in [0.25, 0.3) is 0 Å². The van der Waals surface area contributed by atoms with E-state index in [2.05, 4.69) is 0 Å². The zero-order valence-corrected chi connectivity index (χ0v) is 6.51. The highest BCUT2D eigenvalue weighted by Crippen LogP contribution is 2.10. The highest BCUT2D eigenvalue weighted by Gasteiger charge is 2.22. The maximum atomic E-state index is 10.1. The minimum atomic E-state index is -1.32. The van der Waals surface area contributed by atoms with Crippen molar-refractivity contribution in [3.05, 3.63) is 0 Å². The number of aliphatic hydroxyl groups excluding tert-OH is 1. The fraction of sp³-hybridized carbons (Fsp3) is 0.833. The molecular formula is C6H11ClO3. The number of rotatable bonds is 4. The van der Waals surface area contributed by atoms with Gasteiger partial charge in [0.05, 0.1) is 0 Å². The molecule has 0 aromatic rings. The summed E-state index contributed by atoms with van der Waals surface area (Å²) in [5.74, 6) is -1.35. The second kappa shape index (κ2) is 4.52. The second-order valence-electron chi connectivity index (χ2n) is 2.11. The summed E-state index contributed by atoms with van der Waals surface area (Å²) in [7, 11) is 0. The van der Waals surface area contributed by atoms with Crippen LogP contribution in [-0.4, -0.2) is 28.2 Å². The van der Waals surface area contributed by atoms with E-state index < -0.39 is 12.1 Å². The van der Waals surface area contributed by atoms with Crippen molar-refractivity contribution < 1.29 is 15.0 Å². The smallest absolute Gasteiger partial charge is 0.332 e. The van der Waals surface area contributed by atoms with Crippen molar-refractivity contribution >= 4 is 17.6 Å². The number of alkyl halides is 1. The van der Waals surface area contributed by atoms with Gasteiger partial charge in [-0.05, 0) is 6.42 Å². The molecule has 0 aromatic carbocycles. The number of carboxylic acids is 1. The molecule has 1 unspecified atom stereocenters. The molecule has 4 heteroatoms. The number of carbonyl (C=O) groups is 1. The van der Waals surface area contributed by atoms with Crippen LogP contribution in [0.15, 0.2) is 0 Å². The van der Waals surface area contributed by atoms with Gasteiger partial charge in [-0.3, -0.25) is 0 Å². The van der Waals surface area contributed by atoms with Crippen LogP contribution in [-0.2, 0) is 4.79 Å². The normalized spacial score (nSPS) is 16.3. The van der Waals surface area contributed by atoms with E-state index in [1.807, 2.05) is 0 Å². The Bertz CT molecular complexity index is 112. The Balaban J connectivity index is 3.88. The molecule has 0 saturated heterocycles. The Morgan fingerprint density at radius 1 is 1.70 bits per heavy atom. The van der Waals surface area contributed by atoms with Gasteiger partial charge in [0.2, 0.25) is 0 Å². The lowest BCUT2D eigenvalue weighted by molar-refractivity contribution is -0.149. The molecule has 0 spiro atoms. The van der Waals surface area contributed by atoms with Crippen LogP contribution in [0.5, 0.6) is 0 Å². The molecule has 2 N–H and O–H groups in total. The van der Waals surface area contributed by atoms with E-state index in [1.165, 1.54) is 0 Å².